The zero-order chi connectivity index (χ0) is 34.5. The second-order valence-corrected chi connectivity index (χ2v) is 12.7. The van der Waals surface area contributed by atoms with Crippen LogP contribution in [0.1, 0.15) is 66.1 Å². The summed E-state index contributed by atoms with van der Waals surface area (Å²) >= 11 is 1.23. The lowest BCUT2D eigenvalue weighted by Gasteiger charge is -2.26. The van der Waals surface area contributed by atoms with Crippen molar-refractivity contribution in [1.82, 2.24) is 4.57 Å². The van der Waals surface area contributed by atoms with Gasteiger partial charge in [0.25, 0.3) is 5.56 Å². The van der Waals surface area contributed by atoms with Crippen LogP contribution >= 0.6 is 11.3 Å². The summed E-state index contributed by atoms with van der Waals surface area (Å²) in [4.78, 5) is 33.7. The topological polar surface area (TPSA) is 103 Å². The Labute approximate surface area is 288 Å². The number of esters is 1. The lowest BCUT2D eigenvalue weighted by Crippen LogP contribution is -2.40. The number of ether oxygens (including phenoxy) is 3. The van der Waals surface area contributed by atoms with Gasteiger partial charge in [0.1, 0.15) is 6.61 Å². The summed E-state index contributed by atoms with van der Waals surface area (Å²) in [6.45, 7) is 6.30. The molecule has 1 aliphatic heterocycles. The smallest absolute Gasteiger partial charge is 0.338 e. The van der Waals surface area contributed by atoms with E-state index in [4.69, 9.17) is 19.2 Å². The molecule has 6 rings (SSSR count). The number of aromatic nitrogens is 1. The average molecular weight is 670 g/mol. The number of hydrogen-bond donors (Lipinski definition) is 0. The molecule has 1 aliphatic rings. The van der Waals surface area contributed by atoms with E-state index in [-0.39, 0.29) is 18.8 Å². The zero-order valence-electron chi connectivity index (χ0n) is 27.7. The van der Waals surface area contributed by atoms with Gasteiger partial charge in [-0.15, -0.1) is 0 Å². The second-order valence-electron chi connectivity index (χ2n) is 11.7. The van der Waals surface area contributed by atoms with Gasteiger partial charge in [-0.05, 0) is 42.2 Å². The summed E-state index contributed by atoms with van der Waals surface area (Å²) < 4.78 is 19.5. The van der Waals surface area contributed by atoms with Crippen LogP contribution in [0.3, 0.4) is 0 Å². The van der Waals surface area contributed by atoms with Crippen LogP contribution in [0.4, 0.5) is 0 Å². The second kappa shape index (κ2) is 14.6. The lowest BCUT2D eigenvalue weighted by molar-refractivity contribution is -0.138. The molecule has 0 bridgehead atoms. The van der Waals surface area contributed by atoms with Crippen LogP contribution < -0.4 is 24.4 Å². The molecule has 0 aliphatic carbocycles. The van der Waals surface area contributed by atoms with Crippen LogP contribution in [-0.2, 0) is 16.1 Å². The molecule has 0 radical (unpaired) electrons. The number of benzene rings is 4. The zero-order valence-corrected chi connectivity index (χ0v) is 28.5. The van der Waals surface area contributed by atoms with Crippen molar-refractivity contribution < 1.29 is 19.0 Å². The van der Waals surface area contributed by atoms with Crippen LogP contribution in [0.15, 0.2) is 112 Å². The van der Waals surface area contributed by atoms with Crippen molar-refractivity contribution in [1.29, 1.82) is 5.26 Å². The highest BCUT2D eigenvalue weighted by atomic mass is 32.1. The summed E-state index contributed by atoms with van der Waals surface area (Å²) in [6, 6.07) is 31.6. The number of rotatable bonds is 10. The van der Waals surface area contributed by atoms with Crippen molar-refractivity contribution in [3.05, 3.63) is 156 Å². The standard InChI is InChI=1S/C40H35N3O5S/c1-5-47-39(45)34-35(27-12-7-6-8-13-27)42-40-43(36(34)28-20-18-26(19-21-28)25(2)3)38(44)33(49-40)22-29-16-11-17-32(46-4)37(29)48-24-31-15-10-9-14-30(31)23-41/h6-22,25,36H,5,24H2,1-4H3/b33-22-/t36-/m0/s1. The summed E-state index contributed by atoms with van der Waals surface area (Å²) in [5.41, 5.74) is 4.97. The molecule has 1 atom stereocenters. The highest BCUT2D eigenvalue weighted by Crippen LogP contribution is 2.36. The van der Waals surface area contributed by atoms with E-state index in [1.54, 1.807) is 42.9 Å². The molecule has 4 aromatic carbocycles. The van der Waals surface area contributed by atoms with Crippen molar-refractivity contribution >= 4 is 29.1 Å². The molecule has 2 heterocycles. The van der Waals surface area contributed by atoms with Crippen molar-refractivity contribution in [2.45, 2.75) is 39.3 Å². The van der Waals surface area contributed by atoms with E-state index in [9.17, 15) is 14.9 Å². The van der Waals surface area contributed by atoms with E-state index in [2.05, 4.69) is 19.9 Å². The van der Waals surface area contributed by atoms with E-state index in [0.29, 0.717) is 49.1 Å². The van der Waals surface area contributed by atoms with E-state index < -0.39 is 12.0 Å². The number of fused-ring (bicyclic) bond motifs is 1. The normalized spacial score (nSPS) is 14.2. The van der Waals surface area contributed by atoms with Gasteiger partial charge in [0.2, 0.25) is 0 Å². The fraction of sp³-hybridized carbons (Fsp3) is 0.200. The number of hydrogen-bond acceptors (Lipinski definition) is 8. The lowest BCUT2D eigenvalue weighted by atomic mass is 9.91. The number of carbonyl (C=O) groups is 1. The third kappa shape index (κ3) is 6.69. The molecular weight excluding hydrogens is 635 g/mol. The van der Waals surface area contributed by atoms with Gasteiger partial charge in [-0.3, -0.25) is 9.36 Å². The molecule has 246 valence electrons. The van der Waals surface area contributed by atoms with Crippen molar-refractivity contribution in [2.24, 2.45) is 4.99 Å². The van der Waals surface area contributed by atoms with Gasteiger partial charge < -0.3 is 14.2 Å². The fourth-order valence-corrected chi connectivity index (χ4v) is 6.82. The third-order valence-electron chi connectivity index (χ3n) is 8.32. The number of thiazole rings is 1. The Morgan fingerprint density at radius 3 is 2.43 bits per heavy atom. The first-order chi connectivity index (χ1) is 23.8. The Morgan fingerprint density at radius 1 is 1.00 bits per heavy atom. The van der Waals surface area contributed by atoms with Gasteiger partial charge in [0, 0.05) is 16.7 Å². The Balaban J connectivity index is 1.55. The van der Waals surface area contributed by atoms with E-state index >= 15 is 0 Å². The van der Waals surface area contributed by atoms with E-state index in [1.807, 2.05) is 78.9 Å². The summed E-state index contributed by atoms with van der Waals surface area (Å²) in [7, 11) is 1.55. The molecule has 0 N–H and O–H groups in total. The Kier molecular flexibility index (Phi) is 9.88. The number of nitrogens with zero attached hydrogens (tertiary/aromatic N) is 3. The van der Waals surface area contributed by atoms with Gasteiger partial charge in [0.05, 0.1) is 47.2 Å². The first kappa shape index (κ1) is 33.2. The molecule has 49 heavy (non-hydrogen) atoms. The van der Waals surface area contributed by atoms with Gasteiger partial charge in [-0.25, -0.2) is 9.79 Å². The Morgan fingerprint density at radius 2 is 1.73 bits per heavy atom. The molecule has 0 spiro atoms. The first-order valence-corrected chi connectivity index (χ1v) is 16.8. The van der Waals surface area contributed by atoms with Gasteiger partial charge >= 0.3 is 5.97 Å². The SMILES string of the molecule is CCOC(=O)C1=C(c2ccccc2)N=c2s/c(=C\c3cccc(OC)c3OCc3ccccc3C#N)c(=O)n2[C@H]1c1ccc(C(C)C)cc1. The maximum absolute atomic E-state index is 14.5. The fourth-order valence-electron chi connectivity index (χ4n) is 5.83. The highest BCUT2D eigenvalue weighted by molar-refractivity contribution is 7.07. The van der Waals surface area contributed by atoms with E-state index in [0.717, 1.165) is 22.3 Å². The van der Waals surface area contributed by atoms with Gasteiger partial charge in [-0.2, -0.15) is 5.26 Å². The Hall–Kier alpha value is -5.72. The average Bonchev–Trinajstić information content (AvgIpc) is 3.44. The van der Waals surface area contributed by atoms with Crippen LogP contribution in [-0.4, -0.2) is 24.3 Å². The molecule has 0 unspecified atom stereocenters. The van der Waals surface area contributed by atoms with Crippen LogP contribution in [0.2, 0.25) is 0 Å². The van der Waals surface area contributed by atoms with Gasteiger partial charge in [0.15, 0.2) is 16.3 Å². The monoisotopic (exact) mass is 669 g/mol. The summed E-state index contributed by atoms with van der Waals surface area (Å²) in [6.07, 6.45) is 1.76. The van der Waals surface area contributed by atoms with Crippen LogP contribution in [0.25, 0.3) is 11.8 Å². The molecule has 8 nitrogen and oxygen atoms in total. The third-order valence-corrected chi connectivity index (χ3v) is 9.30. The van der Waals surface area contributed by atoms with Crippen molar-refractivity contribution in [3.8, 4) is 17.6 Å². The first-order valence-electron chi connectivity index (χ1n) is 16.0. The quantitative estimate of drug-likeness (QED) is 0.157. The molecule has 1 aromatic heterocycles. The van der Waals surface area contributed by atoms with E-state index in [1.165, 1.54) is 11.3 Å². The van der Waals surface area contributed by atoms with Crippen LogP contribution in [0, 0.1) is 11.3 Å². The number of para-hydroxylation sites is 1. The number of methoxy groups -OCH3 is 1. The predicted octanol–water partition coefficient (Wildman–Crippen LogP) is 6.52. The van der Waals surface area contributed by atoms with Gasteiger partial charge in [-0.1, -0.05) is 110 Å². The molecule has 0 amide bonds. The minimum absolute atomic E-state index is 0.127. The maximum atomic E-state index is 14.5. The molecule has 0 saturated heterocycles. The summed E-state index contributed by atoms with van der Waals surface area (Å²) in [5.74, 6) is 0.693. The molecule has 9 heteroatoms. The Bertz CT molecular complexity index is 2260. The predicted molar refractivity (Wildman–Crippen MR) is 190 cm³/mol. The molecule has 5 aromatic rings. The minimum Gasteiger partial charge on any atom is -0.493 e. The molecule has 0 saturated carbocycles. The highest BCUT2D eigenvalue weighted by Gasteiger charge is 2.35. The molecular formula is C40H35N3O5S. The number of nitriles is 1. The van der Waals surface area contributed by atoms with Crippen molar-refractivity contribution in [2.75, 3.05) is 13.7 Å². The summed E-state index contributed by atoms with van der Waals surface area (Å²) in [5, 5.41) is 9.58. The van der Waals surface area contributed by atoms with Crippen LogP contribution in [0.5, 0.6) is 11.5 Å². The number of carbonyl (C=O) groups excluding carboxylic acids is 1. The minimum atomic E-state index is -0.780. The largest absolute Gasteiger partial charge is 0.493 e. The molecule has 0 fully saturated rings. The maximum Gasteiger partial charge on any atom is 0.338 e. The van der Waals surface area contributed by atoms with Crippen molar-refractivity contribution in [3.63, 3.8) is 0 Å².